The van der Waals surface area contributed by atoms with Crippen LogP contribution >= 0.6 is 11.6 Å². The van der Waals surface area contributed by atoms with Crippen molar-refractivity contribution in [3.05, 3.63) is 54.1 Å². The van der Waals surface area contributed by atoms with E-state index in [9.17, 15) is 0 Å². The van der Waals surface area contributed by atoms with Gasteiger partial charge < -0.3 is 0 Å². The Labute approximate surface area is 91.9 Å². The fourth-order valence-corrected chi connectivity index (χ4v) is 0.921. The van der Waals surface area contributed by atoms with Crippen LogP contribution in [0.15, 0.2) is 43.0 Å². The summed E-state index contributed by atoms with van der Waals surface area (Å²) >= 11 is 5.60. The molecule has 0 aromatic heterocycles. The fourth-order valence-electron chi connectivity index (χ4n) is 0.743. The predicted octanol–water partition coefficient (Wildman–Crippen LogP) is 4.65. The van der Waals surface area contributed by atoms with Crippen molar-refractivity contribution >= 4 is 17.7 Å². The molecular formula is C13H17Cl. The van der Waals surface area contributed by atoms with Crippen molar-refractivity contribution in [3.8, 4) is 0 Å². The van der Waals surface area contributed by atoms with E-state index < -0.39 is 0 Å². The average molecular weight is 209 g/mol. The van der Waals surface area contributed by atoms with Gasteiger partial charge in [-0.2, -0.15) is 0 Å². The van der Waals surface area contributed by atoms with Crippen LogP contribution in [-0.2, 0) is 5.88 Å². The molecule has 76 valence electrons. The van der Waals surface area contributed by atoms with Gasteiger partial charge in [0, 0.05) is 5.88 Å². The average Bonchev–Trinajstić information content (AvgIpc) is 2.17. The molecule has 0 aliphatic carbocycles. The molecule has 0 saturated heterocycles. The maximum absolute atomic E-state index is 5.60. The Morgan fingerprint density at radius 3 is 2.00 bits per heavy atom. The van der Waals surface area contributed by atoms with E-state index in [1.807, 2.05) is 44.2 Å². The summed E-state index contributed by atoms with van der Waals surface area (Å²) in [4.78, 5) is 0. The van der Waals surface area contributed by atoms with Gasteiger partial charge in [0.05, 0.1) is 0 Å². The first kappa shape index (κ1) is 13.0. The van der Waals surface area contributed by atoms with E-state index in [4.69, 9.17) is 11.6 Å². The molecule has 0 unspecified atom stereocenters. The van der Waals surface area contributed by atoms with Gasteiger partial charge in [-0.25, -0.2) is 0 Å². The van der Waals surface area contributed by atoms with E-state index in [1.54, 1.807) is 0 Å². The molecule has 0 bridgehead atoms. The Morgan fingerprint density at radius 2 is 1.71 bits per heavy atom. The highest BCUT2D eigenvalue weighted by Crippen LogP contribution is 2.06. The first-order valence-corrected chi connectivity index (χ1v) is 5.03. The van der Waals surface area contributed by atoms with Crippen LogP contribution in [0.5, 0.6) is 0 Å². The van der Waals surface area contributed by atoms with Crippen molar-refractivity contribution in [2.24, 2.45) is 0 Å². The molecule has 0 spiro atoms. The SMILES string of the molecule is C=C(C)C.C=Cc1ccc(CCl)cc1. The lowest BCUT2D eigenvalue weighted by Gasteiger charge is -1.94. The van der Waals surface area contributed by atoms with Crippen molar-refractivity contribution in [2.45, 2.75) is 19.7 Å². The van der Waals surface area contributed by atoms with Gasteiger partial charge in [-0.05, 0) is 25.0 Å². The molecule has 0 heterocycles. The number of hydrogen-bond donors (Lipinski definition) is 0. The van der Waals surface area contributed by atoms with E-state index in [0.29, 0.717) is 5.88 Å². The van der Waals surface area contributed by atoms with Gasteiger partial charge in [0.15, 0.2) is 0 Å². The standard InChI is InChI=1S/C9H9Cl.C4H8/c1-2-8-3-5-9(7-10)6-4-8;1-4(2)3/h2-6H,1,7H2;1H2,2-3H3. The van der Waals surface area contributed by atoms with Gasteiger partial charge in [-0.1, -0.05) is 42.5 Å². The smallest absolute Gasteiger partial charge is 0.0474 e. The van der Waals surface area contributed by atoms with Crippen LogP contribution in [0.1, 0.15) is 25.0 Å². The quantitative estimate of drug-likeness (QED) is 0.490. The molecule has 0 aliphatic heterocycles. The topological polar surface area (TPSA) is 0 Å². The fraction of sp³-hybridized carbons (Fsp3) is 0.231. The van der Waals surface area contributed by atoms with Crippen LogP contribution in [0.25, 0.3) is 6.08 Å². The van der Waals surface area contributed by atoms with Crippen LogP contribution in [0.4, 0.5) is 0 Å². The summed E-state index contributed by atoms with van der Waals surface area (Å²) in [5.41, 5.74) is 3.45. The van der Waals surface area contributed by atoms with Crippen LogP contribution < -0.4 is 0 Å². The van der Waals surface area contributed by atoms with Crippen LogP contribution in [0.2, 0.25) is 0 Å². The number of hydrogen-bond acceptors (Lipinski definition) is 0. The van der Waals surface area contributed by atoms with Crippen molar-refractivity contribution in [2.75, 3.05) is 0 Å². The lowest BCUT2D eigenvalue weighted by Crippen LogP contribution is -1.76. The van der Waals surface area contributed by atoms with Gasteiger partial charge >= 0.3 is 0 Å². The lowest BCUT2D eigenvalue weighted by molar-refractivity contribution is 1.40. The Hall–Kier alpha value is -1.01. The first-order valence-electron chi connectivity index (χ1n) is 4.49. The zero-order valence-corrected chi connectivity index (χ0v) is 9.64. The zero-order chi connectivity index (χ0) is 11.0. The summed E-state index contributed by atoms with van der Waals surface area (Å²) in [7, 11) is 0. The van der Waals surface area contributed by atoms with E-state index >= 15 is 0 Å². The van der Waals surface area contributed by atoms with Crippen LogP contribution in [-0.4, -0.2) is 0 Å². The lowest BCUT2D eigenvalue weighted by atomic mass is 10.1. The second-order valence-electron chi connectivity index (χ2n) is 3.29. The van der Waals surface area contributed by atoms with Crippen molar-refractivity contribution < 1.29 is 0 Å². The minimum atomic E-state index is 0.581. The summed E-state index contributed by atoms with van der Waals surface area (Å²) in [6.07, 6.45) is 1.82. The molecule has 0 nitrogen and oxygen atoms in total. The molecule has 1 aromatic carbocycles. The minimum absolute atomic E-state index is 0.581. The van der Waals surface area contributed by atoms with Crippen molar-refractivity contribution in [1.29, 1.82) is 0 Å². The van der Waals surface area contributed by atoms with Crippen molar-refractivity contribution in [3.63, 3.8) is 0 Å². The molecule has 0 atom stereocenters. The van der Waals surface area contributed by atoms with Gasteiger partial charge in [0.1, 0.15) is 0 Å². The largest absolute Gasteiger partial charge is 0.122 e. The summed E-state index contributed by atoms with van der Waals surface area (Å²) in [5, 5.41) is 0. The molecule has 0 N–H and O–H groups in total. The number of alkyl halides is 1. The first-order chi connectivity index (χ1) is 6.60. The van der Waals surface area contributed by atoms with Gasteiger partial charge in [0.25, 0.3) is 0 Å². The summed E-state index contributed by atoms with van der Waals surface area (Å²) < 4.78 is 0. The van der Waals surface area contributed by atoms with E-state index in [0.717, 1.165) is 11.1 Å². The molecule has 14 heavy (non-hydrogen) atoms. The zero-order valence-electron chi connectivity index (χ0n) is 8.89. The number of allylic oxidation sites excluding steroid dienone is 1. The molecule has 1 heteroatoms. The minimum Gasteiger partial charge on any atom is -0.122 e. The molecular weight excluding hydrogens is 192 g/mol. The van der Waals surface area contributed by atoms with Crippen LogP contribution in [0, 0.1) is 0 Å². The van der Waals surface area contributed by atoms with Gasteiger partial charge in [-0.3, -0.25) is 0 Å². The second-order valence-corrected chi connectivity index (χ2v) is 3.55. The Bertz CT molecular complexity index is 279. The molecule has 1 aromatic rings. The molecule has 1 rings (SSSR count). The third kappa shape index (κ3) is 6.50. The Kier molecular flexibility index (Phi) is 6.87. The van der Waals surface area contributed by atoms with Gasteiger partial charge in [-0.15, -0.1) is 18.2 Å². The normalized spacial score (nSPS) is 8.50. The summed E-state index contributed by atoms with van der Waals surface area (Å²) in [6, 6.07) is 8.02. The highest BCUT2D eigenvalue weighted by Gasteiger charge is 1.87. The third-order valence-corrected chi connectivity index (χ3v) is 1.68. The molecule has 0 fully saturated rings. The predicted molar refractivity (Wildman–Crippen MR) is 66.6 cm³/mol. The third-order valence-electron chi connectivity index (χ3n) is 1.37. The number of rotatable bonds is 2. The summed E-state index contributed by atoms with van der Waals surface area (Å²) in [6.45, 7) is 11.2. The van der Waals surface area contributed by atoms with E-state index in [1.165, 1.54) is 5.57 Å². The number of benzene rings is 1. The second kappa shape index (κ2) is 7.40. The Balaban J connectivity index is 0.000000364. The molecule has 0 aliphatic rings. The maximum atomic E-state index is 5.60. The molecule has 0 amide bonds. The highest BCUT2D eigenvalue weighted by atomic mass is 35.5. The molecule has 0 radical (unpaired) electrons. The summed E-state index contributed by atoms with van der Waals surface area (Å²) in [5.74, 6) is 0.581. The van der Waals surface area contributed by atoms with E-state index in [-0.39, 0.29) is 0 Å². The monoisotopic (exact) mass is 208 g/mol. The van der Waals surface area contributed by atoms with E-state index in [2.05, 4.69) is 13.2 Å². The number of halogens is 1. The van der Waals surface area contributed by atoms with Crippen LogP contribution in [0.3, 0.4) is 0 Å². The van der Waals surface area contributed by atoms with Gasteiger partial charge in [0.2, 0.25) is 0 Å². The molecule has 0 saturated carbocycles. The highest BCUT2D eigenvalue weighted by molar-refractivity contribution is 6.17. The Morgan fingerprint density at radius 1 is 1.29 bits per heavy atom. The van der Waals surface area contributed by atoms with Crippen molar-refractivity contribution in [1.82, 2.24) is 0 Å². The maximum Gasteiger partial charge on any atom is 0.0474 e.